The molecule has 0 saturated carbocycles. The van der Waals surface area contributed by atoms with Gasteiger partial charge in [0, 0.05) is 5.39 Å². The van der Waals surface area contributed by atoms with Gasteiger partial charge in [0.15, 0.2) is 0 Å². The van der Waals surface area contributed by atoms with Crippen molar-refractivity contribution < 1.29 is 13.2 Å². The van der Waals surface area contributed by atoms with E-state index in [4.69, 9.17) is 0 Å². The van der Waals surface area contributed by atoms with E-state index < -0.39 is 11.9 Å². The van der Waals surface area contributed by atoms with E-state index in [0.717, 1.165) is 22.5 Å². The van der Waals surface area contributed by atoms with Crippen molar-refractivity contribution in [1.82, 2.24) is 14.7 Å². The summed E-state index contributed by atoms with van der Waals surface area (Å²) in [7, 11) is 0. The summed E-state index contributed by atoms with van der Waals surface area (Å²) in [6.45, 7) is 1.25. The number of nitrogens with zero attached hydrogens (tertiary/aromatic N) is 2. The molecule has 0 aliphatic carbocycles. The second kappa shape index (κ2) is 4.17. The van der Waals surface area contributed by atoms with E-state index in [1.165, 1.54) is 0 Å². The van der Waals surface area contributed by atoms with Crippen LogP contribution < -0.4 is 5.32 Å². The molecule has 1 aliphatic heterocycles. The number of hydrogen-bond acceptors (Lipinski definition) is 4. The summed E-state index contributed by atoms with van der Waals surface area (Å²) in [6, 6.07) is 0. The van der Waals surface area contributed by atoms with E-state index in [0.29, 0.717) is 36.3 Å². The third kappa shape index (κ3) is 1.87. The normalized spacial score (nSPS) is 16.6. The zero-order chi connectivity index (χ0) is 12.8. The maximum absolute atomic E-state index is 13.0. The average molecular weight is 273 g/mol. The molecule has 0 radical (unpaired) electrons. The Kier molecular flexibility index (Phi) is 2.74. The summed E-state index contributed by atoms with van der Waals surface area (Å²) in [5, 5.41) is 3.89. The first-order chi connectivity index (χ1) is 8.57. The molecule has 2 aromatic rings. The predicted molar refractivity (Wildman–Crippen MR) is 62.7 cm³/mol. The van der Waals surface area contributed by atoms with Crippen molar-refractivity contribution in [3.8, 4) is 0 Å². The van der Waals surface area contributed by atoms with E-state index in [1.807, 2.05) is 0 Å². The summed E-state index contributed by atoms with van der Waals surface area (Å²) in [5.41, 5.74) is 0.351. The van der Waals surface area contributed by atoms with Gasteiger partial charge in [-0.2, -0.15) is 17.5 Å². The first-order valence-corrected chi connectivity index (χ1v) is 6.39. The quantitative estimate of drug-likeness (QED) is 0.801. The van der Waals surface area contributed by atoms with Crippen LogP contribution in [0.2, 0.25) is 0 Å². The van der Waals surface area contributed by atoms with Crippen molar-refractivity contribution in [1.29, 1.82) is 0 Å². The molecular formula is C11H10F3N3S. The number of aromatic nitrogens is 2. The SMILES string of the molecule is FC(F)(F)c1nc2sncc2c2c1CCNCC2. The van der Waals surface area contributed by atoms with Crippen molar-refractivity contribution in [3.05, 3.63) is 23.0 Å². The van der Waals surface area contributed by atoms with Gasteiger partial charge in [0.2, 0.25) is 0 Å². The van der Waals surface area contributed by atoms with Crippen molar-refractivity contribution in [3.63, 3.8) is 0 Å². The van der Waals surface area contributed by atoms with Crippen LogP contribution in [0.1, 0.15) is 16.8 Å². The molecule has 96 valence electrons. The molecule has 3 rings (SSSR count). The average Bonchev–Trinajstić information content (AvgIpc) is 2.63. The van der Waals surface area contributed by atoms with Gasteiger partial charge in [-0.15, -0.1) is 0 Å². The topological polar surface area (TPSA) is 37.8 Å². The highest BCUT2D eigenvalue weighted by molar-refractivity contribution is 7.12. The highest BCUT2D eigenvalue weighted by atomic mass is 32.1. The lowest BCUT2D eigenvalue weighted by Gasteiger charge is -2.14. The monoisotopic (exact) mass is 273 g/mol. The molecule has 0 atom stereocenters. The number of pyridine rings is 1. The molecule has 2 aromatic heterocycles. The lowest BCUT2D eigenvalue weighted by Crippen LogP contribution is -2.17. The first kappa shape index (κ1) is 11.9. The molecule has 18 heavy (non-hydrogen) atoms. The van der Waals surface area contributed by atoms with Gasteiger partial charge in [-0.3, -0.25) is 0 Å². The lowest BCUT2D eigenvalue weighted by molar-refractivity contribution is -0.141. The van der Waals surface area contributed by atoms with Crippen LogP contribution in [0.3, 0.4) is 0 Å². The number of rotatable bonds is 0. The number of hydrogen-bond donors (Lipinski definition) is 1. The lowest BCUT2D eigenvalue weighted by atomic mass is 9.99. The number of alkyl halides is 3. The Balaban J connectivity index is 2.32. The van der Waals surface area contributed by atoms with E-state index in [2.05, 4.69) is 14.7 Å². The van der Waals surface area contributed by atoms with Crippen LogP contribution in [0.4, 0.5) is 13.2 Å². The highest BCUT2D eigenvalue weighted by Crippen LogP contribution is 2.36. The number of halogens is 3. The Morgan fingerprint density at radius 3 is 2.61 bits per heavy atom. The molecule has 0 saturated heterocycles. The summed E-state index contributed by atoms with van der Waals surface area (Å²) in [5.74, 6) is 0. The molecule has 3 nitrogen and oxygen atoms in total. The van der Waals surface area contributed by atoms with Crippen molar-refractivity contribution in [2.75, 3.05) is 13.1 Å². The Morgan fingerprint density at radius 1 is 1.17 bits per heavy atom. The molecule has 0 amide bonds. The molecule has 0 aromatic carbocycles. The van der Waals surface area contributed by atoms with Gasteiger partial charge in [0.05, 0.1) is 6.20 Å². The van der Waals surface area contributed by atoms with Crippen LogP contribution in [-0.2, 0) is 19.0 Å². The summed E-state index contributed by atoms with van der Waals surface area (Å²) < 4.78 is 43.1. The third-order valence-electron chi connectivity index (χ3n) is 3.11. The number of nitrogens with one attached hydrogen (secondary N) is 1. The number of fused-ring (bicyclic) bond motifs is 3. The molecule has 1 N–H and O–H groups in total. The summed E-state index contributed by atoms with van der Waals surface area (Å²) in [6.07, 6.45) is -1.82. The van der Waals surface area contributed by atoms with Crippen LogP contribution in [0, 0.1) is 0 Å². The summed E-state index contributed by atoms with van der Waals surface area (Å²) >= 11 is 1.02. The van der Waals surface area contributed by atoms with Gasteiger partial charge in [-0.1, -0.05) is 0 Å². The molecule has 7 heteroatoms. The Bertz CT molecular complexity index is 591. The van der Waals surface area contributed by atoms with Crippen LogP contribution >= 0.6 is 11.5 Å². The highest BCUT2D eigenvalue weighted by Gasteiger charge is 2.37. The van der Waals surface area contributed by atoms with Gasteiger partial charge in [0.25, 0.3) is 0 Å². The maximum Gasteiger partial charge on any atom is 0.433 e. The minimum atomic E-state index is -4.40. The maximum atomic E-state index is 13.0. The predicted octanol–water partition coefficient (Wildman–Crippen LogP) is 2.40. The molecule has 0 unspecified atom stereocenters. The van der Waals surface area contributed by atoms with E-state index in [-0.39, 0.29) is 0 Å². The zero-order valence-electron chi connectivity index (χ0n) is 9.34. The van der Waals surface area contributed by atoms with E-state index in [9.17, 15) is 13.2 Å². The van der Waals surface area contributed by atoms with Crippen LogP contribution in [-0.4, -0.2) is 22.4 Å². The Morgan fingerprint density at radius 2 is 1.89 bits per heavy atom. The van der Waals surface area contributed by atoms with Crippen LogP contribution in [0.25, 0.3) is 10.2 Å². The zero-order valence-corrected chi connectivity index (χ0v) is 10.2. The molecule has 3 heterocycles. The second-order valence-corrected chi connectivity index (χ2v) is 4.99. The largest absolute Gasteiger partial charge is 0.433 e. The first-order valence-electron chi connectivity index (χ1n) is 5.61. The standard InChI is InChI=1S/C11H10F3N3S/c12-11(13,14)9-7-2-4-15-3-1-6(7)8-5-16-18-10(8)17-9/h5,15H,1-4H2. The van der Waals surface area contributed by atoms with E-state index >= 15 is 0 Å². The van der Waals surface area contributed by atoms with Gasteiger partial charge >= 0.3 is 6.18 Å². The Hall–Kier alpha value is -1.21. The van der Waals surface area contributed by atoms with Gasteiger partial charge in [-0.25, -0.2) is 4.98 Å². The molecule has 0 spiro atoms. The van der Waals surface area contributed by atoms with Crippen LogP contribution in [0.15, 0.2) is 6.20 Å². The van der Waals surface area contributed by atoms with Crippen molar-refractivity contribution in [2.24, 2.45) is 0 Å². The third-order valence-corrected chi connectivity index (χ3v) is 3.81. The van der Waals surface area contributed by atoms with Crippen molar-refractivity contribution >= 4 is 21.7 Å². The second-order valence-electron chi connectivity index (χ2n) is 4.21. The minimum absolute atomic E-state index is 0.334. The molecule has 0 fully saturated rings. The molecule has 1 aliphatic rings. The fourth-order valence-electron chi connectivity index (χ4n) is 2.34. The molecule has 0 bridgehead atoms. The minimum Gasteiger partial charge on any atom is -0.316 e. The van der Waals surface area contributed by atoms with Gasteiger partial charge < -0.3 is 5.32 Å². The smallest absolute Gasteiger partial charge is 0.316 e. The Labute approximate surface area is 105 Å². The van der Waals surface area contributed by atoms with Crippen LogP contribution in [0.5, 0.6) is 0 Å². The fraction of sp³-hybridized carbons (Fsp3) is 0.455. The van der Waals surface area contributed by atoms with Gasteiger partial charge in [0.1, 0.15) is 10.5 Å². The van der Waals surface area contributed by atoms with Gasteiger partial charge in [-0.05, 0) is 48.6 Å². The fourth-order valence-corrected chi connectivity index (χ4v) is 3.00. The molecular weight excluding hydrogens is 263 g/mol. The van der Waals surface area contributed by atoms with E-state index in [1.54, 1.807) is 6.20 Å². The summed E-state index contributed by atoms with van der Waals surface area (Å²) in [4.78, 5) is 4.14. The van der Waals surface area contributed by atoms with Crippen molar-refractivity contribution in [2.45, 2.75) is 19.0 Å².